The Morgan fingerprint density at radius 1 is 1.14 bits per heavy atom. The summed E-state index contributed by atoms with van der Waals surface area (Å²) in [6, 6.07) is 0. The van der Waals surface area contributed by atoms with E-state index in [1.165, 1.54) is 17.9 Å². The molecule has 40 valence electrons. The highest BCUT2D eigenvalue weighted by atomic mass is 32.2. The third kappa shape index (κ3) is 0.449. The zero-order chi connectivity index (χ0) is 4.74. The second-order valence-corrected chi connectivity index (χ2v) is 3.83. The van der Waals surface area contributed by atoms with E-state index in [1.807, 2.05) is 0 Å². The largest absolute Gasteiger partial charge is 0.161 e. The van der Waals surface area contributed by atoms with Crippen molar-refractivity contribution >= 4 is 11.8 Å². The molecule has 0 atom stereocenters. The summed E-state index contributed by atoms with van der Waals surface area (Å²) < 4.78 is 0. The average Bonchev–Trinajstić information content (AvgIpc) is 1.20. The summed E-state index contributed by atoms with van der Waals surface area (Å²) >= 11 is 2.12. The molecule has 2 aliphatic rings. The Hall–Kier alpha value is 0.350. The first-order valence-corrected chi connectivity index (χ1v) is 4.15. The van der Waals surface area contributed by atoms with E-state index < -0.39 is 0 Å². The van der Waals surface area contributed by atoms with Gasteiger partial charge in [-0.1, -0.05) is 6.42 Å². The fraction of sp³-hybridized carbons (Fsp3) is 1.00. The highest BCUT2D eigenvalue weighted by Crippen LogP contribution is 2.52. The van der Waals surface area contributed by atoms with Gasteiger partial charge in [0.05, 0.1) is 0 Å². The molecule has 0 radical (unpaired) electrons. The normalized spacial score (nSPS) is 34.3. The maximum Gasteiger partial charge on any atom is -0.000269 e. The lowest BCUT2D eigenvalue weighted by molar-refractivity contribution is 0.188. The van der Waals surface area contributed by atoms with Gasteiger partial charge in [0.1, 0.15) is 0 Å². The van der Waals surface area contributed by atoms with E-state index in [4.69, 9.17) is 0 Å². The predicted molar refractivity (Wildman–Crippen MR) is 33.6 cm³/mol. The molecule has 0 aromatic heterocycles. The van der Waals surface area contributed by atoms with Gasteiger partial charge in [0, 0.05) is 0 Å². The Kier molecular flexibility index (Phi) is 0.724. The van der Waals surface area contributed by atoms with E-state index in [1.54, 1.807) is 12.8 Å². The first-order valence-electron chi connectivity index (χ1n) is 2.99. The molecule has 2 rings (SSSR count). The summed E-state index contributed by atoms with van der Waals surface area (Å²) in [6.45, 7) is 0. The zero-order valence-electron chi connectivity index (χ0n) is 4.44. The minimum absolute atomic E-state index is 0.907. The van der Waals surface area contributed by atoms with E-state index in [0.29, 0.717) is 0 Å². The van der Waals surface area contributed by atoms with Gasteiger partial charge in [0.25, 0.3) is 0 Å². The predicted octanol–water partition coefficient (Wildman–Crippen LogP) is 1.90. The van der Waals surface area contributed by atoms with Crippen molar-refractivity contribution in [2.75, 3.05) is 11.5 Å². The molecule has 0 aromatic carbocycles. The van der Waals surface area contributed by atoms with Gasteiger partial charge in [-0.3, -0.25) is 0 Å². The quantitative estimate of drug-likeness (QED) is 0.463. The van der Waals surface area contributed by atoms with Gasteiger partial charge in [-0.25, -0.2) is 0 Å². The molecule has 7 heavy (non-hydrogen) atoms. The Morgan fingerprint density at radius 2 is 1.86 bits per heavy atom. The minimum atomic E-state index is 0.907. The standard InChI is InChI=1S/C6H10S/c1-2-6(3-1)4-7-5-6/h1-5H2. The first kappa shape index (κ1) is 4.25. The average molecular weight is 114 g/mol. The van der Waals surface area contributed by atoms with Crippen LogP contribution in [0.4, 0.5) is 0 Å². The van der Waals surface area contributed by atoms with Crippen LogP contribution < -0.4 is 0 Å². The van der Waals surface area contributed by atoms with E-state index in [9.17, 15) is 0 Å². The Balaban J connectivity index is 2.00. The van der Waals surface area contributed by atoms with Crippen molar-refractivity contribution in [3.8, 4) is 0 Å². The van der Waals surface area contributed by atoms with Crippen LogP contribution in [0, 0.1) is 5.41 Å². The monoisotopic (exact) mass is 114 g/mol. The Morgan fingerprint density at radius 3 is 1.86 bits per heavy atom. The minimum Gasteiger partial charge on any atom is -0.161 e. The number of rotatable bonds is 0. The first-order chi connectivity index (χ1) is 3.41. The van der Waals surface area contributed by atoms with Crippen molar-refractivity contribution in [3.05, 3.63) is 0 Å². The van der Waals surface area contributed by atoms with Crippen molar-refractivity contribution in [2.24, 2.45) is 5.41 Å². The Labute approximate surface area is 48.7 Å². The topological polar surface area (TPSA) is 0 Å². The summed E-state index contributed by atoms with van der Waals surface area (Å²) in [5.74, 6) is 2.96. The van der Waals surface area contributed by atoms with Crippen molar-refractivity contribution < 1.29 is 0 Å². The summed E-state index contributed by atoms with van der Waals surface area (Å²) in [5.41, 5.74) is 0.907. The fourth-order valence-corrected chi connectivity index (χ4v) is 2.72. The molecule has 1 spiro atoms. The number of hydrogen-bond acceptors (Lipinski definition) is 1. The van der Waals surface area contributed by atoms with E-state index in [-0.39, 0.29) is 0 Å². The summed E-state index contributed by atoms with van der Waals surface area (Å²) in [5, 5.41) is 0. The molecule has 0 unspecified atom stereocenters. The van der Waals surface area contributed by atoms with Crippen LogP contribution in [0.2, 0.25) is 0 Å². The molecule has 0 amide bonds. The van der Waals surface area contributed by atoms with Crippen LogP contribution in [0.5, 0.6) is 0 Å². The van der Waals surface area contributed by atoms with Gasteiger partial charge in [-0.05, 0) is 29.8 Å². The molecule has 0 bridgehead atoms. The van der Waals surface area contributed by atoms with Gasteiger partial charge in [0.2, 0.25) is 0 Å². The van der Waals surface area contributed by atoms with Crippen molar-refractivity contribution in [2.45, 2.75) is 19.3 Å². The van der Waals surface area contributed by atoms with E-state index in [0.717, 1.165) is 5.41 Å². The number of thioether (sulfide) groups is 1. The second kappa shape index (κ2) is 1.19. The maximum absolute atomic E-state index is 2.12. The van der Waals surface area contributed by atoms with Crippen LogP contribution >= 0.6 is 11.8 Å². The molecule has 0 N–H and O–H groups in total. The van der Waals surface area contributed by atoms with Crippen molar-refractivity contribution in [3.63, 3.8) is 0 Å². The van der Waals surface area contributed by atoms with Crippen molar-refractivity contribution in [1.29, 1.82) is 0 Å². The van der Waals surface area contributed by atoms with E-state index in [2.05, 4.69) is 11.8 Å². The smallest absolute Gasteiger partial charge is 0.000269 e. The third-order valence-electron chi connectivity index (χ3n) is 2.23. The van der Waals surface area contributed by atoms with Crippen LogP contribution in [-0.2, 0) is 0 Å². The molecule has 1 aliphatic heterocycles. The third-order valence-corrected chi connectivity index (χ3v) is 3.86. The van der Waals surface area contributed by atoms with Crippen LogP contribution in [0.3, 0.4) is 0 Å². The lowest BCUT2D eigenvalue weighted by Gasteiger charge is -2.48. The summed E-state index contributed by atoms with van der Waals surface area (Å²) in [7, 11) is 0. The molecule has 1 saturated heterocycles. The van der Waals surface area contributed by atoms with Gasteiger partial charge >= 0.3 is 0 Å². The maximum atomic E-state index is 2.12. The SMILES string of the molecule is C1CC2(C1)CSC2. The van der Waals surface area contributed by atoms with E-state index >= 15 is 0 Å². The second-order valence-electron chi connectivity index (χ2n) is 2.85. The lowest BCUT2D eigenvalue weighted by Crippen LogP contribution is -2.41. The summed E-state index contributed by atoms with van der Waals surface area (Å²) in [4.78, 5) is 0. The van der Waals surface area contributed by atoms with Gasteiger partial charge < -0.3 is 0 Å². The van der Waals surface area contributed by atoms with Gasteiger partial charge in [0.15, 0.2) is 0 Å². The van der Waals surface area contributed by atoms with Gasteiger partial charge in [-0.2, -0.15) is 11.8 Å². The molecule has 0 nitrogen and oxygen atoms in total. The molecule has 1 heterocycles. The molecule has 1 heteroatoms. The highest BCUT2D eigenvalue weighted by Gasteiger charge is 2.42. The van der Waals surface area contributed by atoms with Gasteiger partial charge in [-0.15, -0.1) is 0 Å². The molecule has 2 fully saturated rings. The van der Waals surface area contributed by atoms with Crippen LogP contribution in [0.15, 0.2) is 0 Å². The molecule has 1 aliphatic carbocycles. The van der Waals surface area contributed by atoms with Crippen LogP contribution in [0.1, 0.15) is 19.3 Å². The molecular weight excluding hydrogens is 104 g/mol. The zero-order valence-corrected chi connectivity index (χ0v) is 5.26. The fourth-order valence-electron chi connectivity index (χ4n) is 1.36. The van der Waals surface area contributed by atoms with Crippen LogP contribution in [0.25, 0.3) is 0 Å². The van der Waals surface area contributed by atoms with Crippen LogP contribution in [-0.4, -0.2) is 11.5 Å². The Bertz CT molecular complexity index is 64.7. The number of hydrogen-bond donors (Lipinski definition) is 0. The summed E-state index contributed by atoms with van der Waals surface area (Å²) in [6.07, 6.45) is 4.60. The molecular formula is C6H10S. The molecule has 0 aromatic rings. The highest BCUT2D eigenvalue weighted by molar-refractivity contribution is 8.00. The lowest BCUT2D eigenvalue weighted by atomic mass is 9.71. The molecule has 1 saturated carbocycles. The van der Waals surface area contributed by atoms with Crippen molar-refractivity contribution in [1.82, 2.24) is 0 Å².